The van der Waals surface area contributed by atoms with Gasteiger partial charge in [0.25, 0.3) is 0 Å². The number of hydrazone groups is 1. The van der Waals surface area contributed by atoms with Gasteiger partial charge in [0.05, 0.1) is 31.5 Å². The second-order valence-corrected chi connectivity index (χ2v) is 7.32. The number of aromatic nitrogens is 1. The van der Waals surface area contributed by atoms with Gasteiger partial charge in [-0.1, -0.05) is 48.5 Å². The second kappa shape index (κ2) is 9.19. The highest BCUT2D eigenvalue weighted by Crippen LogP contribution is 2.26. The van der Waals surface area contributed by atoms with Gasteiger partial charge in [0.2, 0.25) is 0 Å². The first-order valence-electron chi connectivity index (χ1n) is 10.2. The third kappa shape index (κ3) is 4.29. The lowest BCUT2D eigenvalue weighted by molar-refractivity contribution is 0.408. The molecule has 4 rings (SSSR count). The van der Waals surface area contributed by atoms with E-state index in [4.69, 9.17) is 4.74 Å². The van der Waals surface area contributed by atoms with Crippen LogP contribution in [0.2, 0.25) is 0 Å². The van der Waals surface area contributed by atoms with E-state index in [1.54, 1.807) is 7.11 Å². The van der Waals surface area contributed by atoms with E-state index < -0.39 is 0 Å². The van der Waals surface area contributed by atoms with Gasteiger partial charge in [-0.05, 0) is 36.8 Å². The van der Waals surface area contributed by atoms with Crippen LogP contribution in [0.15, 0.2) is 77.9 Å². The summed E-state index contributed by atoms with van der Waals surface area (Å²) in [5.41, 5.74) is 9.32. The molecule has 0 atom stereocenters. The number of ether oxygens (including phenoxy) is 1. The lowest BCUT2D eigenvalue weighted by Crippen LogP contribution is -2.07. The Morgan fingerprint density at radius 2 is 1.87 bits per heavy atom. The van der Waals surface area contributed by atoms with E-state index in [0.29, 0.717) is 18.7 Å². The summed E-state index contributed by atoms with van der Waals surface area (Å²) in [6.45, 7) is 3.39. The first-order chi connectivity index (χ1) is 15.2. The summed E-state index contributed by atoms with van der Waals surface area (Å²) in [4.78, 5) is 0. The zero-order chi connectivity index (χ0) is 21.6. The largest absolute Gasteiger partial charge is 0.496 e. The van der Waals surface area contributed by atoms with Crippen molar-refractivity contribution in [3.63, 3.8) is 0 Å². The summed E-state index contributed by atoms with van der Waals surface area (Å²) in [6.07, 6.45) is 1.88. The highest BCUT2D eigenvalue weighted by Gasteiger charge is 2.13. The summed E-state index contributed by atoms with van der Waals surface area (Å²) in [6, 6.07) is 26.2. The SMILES string of the molecule is COc1ccccc1CN/N=C\c1c(C)n(Cc2cccc(C#N)c2)c2ccccc12. The fourth-order valence-corrected chi connectivity index (χ4v) is 3.84. The van der Waals surface area contributed by atoms with Crippen LogP contribution in [0, 0.1) is 18.3 Å². The normalized spacial score (nSPS) is 11.0. The maximum atomic E-state index is 9.21. The van der Waals surface area contributed by atoms with Crippen molar-refractivity contribution in [3.05, 3.63) is 101 Å². The maximum Gasteiger partial charge on any atom is 0.123 e. The molecule has 5 heteroatoms. The van der Waals surface area contributed by atoms with Gasteiger partial charge in [0.15, 0.2) is 0 Å². The Balaban J connectivity index is 1.60. The minimum atomic E-state index is 0.582. The highest BCUT2D eigenvalue weighted by atomic mass is 16.5. The Hall–Kier alpha value is -4.04. The van der Waals surface area contributed by atoms with Crippen LogP contribution in [-0.2, 0) is 13.1 Å². The Bertz CT molecular complexity index is 1280. The minimum Gasteiger partial charge on any atom is -0.496 e. The van der Waals surface area contributed by atoms with Gasteiger partial charge >= 0.3 is 0 Å². The molecule has 0 aliphatic heterocycles. The van der Waals surface area contributed by atoms with Crippen molar-refractivity contribution >= 4 is 17.1 Å². The number of benzene rings is 3. The number of rotatable bonds is 7. The monoisotopic (exact) mass is 408 g/mol. The summed E-state index contributed by atoms with van der Waals surface area (Å²) in [5.74, 6) is 0.845. The minimum absolute atomic E-state index is 0.582. The number of methoxy groups -OCH3 is 1. The van der Waals surface area contributed by atoms with Crippen molar-refractivity contribution in [3.8, 4) is 11.8 Å². The average Bonchev–Trinajstić information content (AvgIpc) is 3.08. The molecule has 0 saturated carbocycles. The van der Waals surface area contributed by atoms with Gasteiger partial charge < -0.3 is 14.7 Å². The Labute approximate surface area is 182 Å². The molecular formula is C26H24N4O. The number of nitrogens with one attached hydrogen (secondary N) is 1. The van der Waals surface area contributed by atoms with E-state index in [1.165, 1.54) is 0 Å². The van der Waals surface area contributed by atoms with Gasteiger partial charge in [-0.2, -0.15) is 10.4 Å². The van der Waals surface area contributed by atoms with Crippen LogP contribution in [0.4, 0.5) is 0 Å². The third-order valence-corrected chi connectivity index (χ3v) is 5.42. The molecule has 0 saturated heterocycles. The molecule has 5 nitrogen and oxygen atoms in total. The van der Waals surface area contributed by atoms with Crippen molar-refractivity contribution in [2.45, 2.75) is 20.0 Å². The molecule has 0 fully saturated rings. The molecule has 0 aliphatic carbocycles. The highest BCUT2D eigenvalue weighted by molar-refractivity contribution is 6.01. The first-order valence-corrected chi connectivity index (χ1v) is 10.2. The van der Waals surface area contributed by atoms with Gasteiger partial charge in [-0.15, -0.1) is 0 Å². The molecule has 1 aromatic heterocycles. The Morgan fingerprint density at radius 1 is 1.06 bits per heavy atom. The van der Waals surface area contributed by atoms with Crippen molar-refractivity contribution in [2.24, 2.45) is 5.10 Å². The Morgan fingerprint density at radius 3 is 2.71 bits per heavy atom. The van der Waals surface area contributed by atoms with E-state index >= 15 is 0 Å². The lowest BCUT2D eigenvalue weighted by Gasteiger charge is -2.09. The molecule has 3 aromatic carbocycles. The molecule has 0 amide bonds. The molecule has 0 aliphatic rings. The van der Waals surface area contributed by atoms with Crippen LogP contribution in [-0.4, -0.2) is 17.9 Å². The molecule has 31 heavy (non-hydrogen) atoms. The van der Waals surface area contributed by atoms with Gasteiger partial charge in [-0.25, -0.2) is 0 Å². The quantitative estimate of drug-likeness (QED) is 0.346. The van der Waals surface area contributed by atoms with Crippen molar-refractivity contribution in [2.75, 3.05) is 7.11 Å². The van der Waals surface area contributed by atoms with Crippen LogP contribution >= 0.6 is 0 Å². The van der Waals surface area contributed by atoms with Crippen LogP contribution < -0.4 is 10.2 Å². The molecule has 154 valence electrons. The van der Waals surface area contributed by atoms with Gasteiger partial charge in [-0.3, -0.25) is 0 Å². The molecule has 1 N–H and O–H groups in total. The molecule has 0 unspecified atom stereocenters. The smallest absolute Gasteiger partial charge is 0.123 e. The molecule has 1 heterocycles. The number of para-hydroxylation sites is 2. The van der Waals surface area contributed by atoms with Crippen LogP contribution in [0.25, 0.3) is 10.9 Å². The van der Waals surface area contributed by atoms with E-state index in [0.717, 1.165) is 39.0 Å². The van der Waals surface area contributed by atoms with Crippen LogP contribution in [0.3, 0.4) is 0 Å². The predicted molar refractivity (Wildman–Crippen MR) is 124 cm³/mol. The average molecular weight is 409 g/mol. The topological polar surface area (TPSA) is 62.3 Å². The number of hydrogen-bond acceptors (Lipinski definition) is 4. The van der Waals surface area contributed by atoms with Crippen LogP contribution in [0.1, 0.15) is 27.9 Å². The van der Waals surface area contributed by atoms with E-state index in [2.05, 4.69) is 46.3 Å². The summed E-state index contributed by atoms with van der Waals surface area (Å²) < 4.78 is 7.67. The lowest BCUT2D eigenvalue weighted by atomic mass is 10.1. The van der Waals surface area contributed by atoms with Crippen molar-refractivity contribution in [1.82, 2.24) is 9.99 Å². The predicted octanol–water partition coefficient (Wildman–Crippen LogP) is 5.00. The second-order valence-electron chi connectivity index (χ2n) is 7.32. The standard InChI is InChI=1S/C26H24N4O/c1-19-24(17-29-28-16-22-10-3-6-13-26(22)31-2)23-11-4-5-12-25(23)30(19)18-21-9-7-8-20(14-21)15-27/h3-14,17,28H,16,18H2,1-2H3/b29-17-. The van der Waals surface area contributed by atoms with Crippen molar-refractivity contribution < 1.29 is 4.74 Å². The van der Waals surface area contributed by atoms with Gasteiger partial charge in [0, 0.05) is 34.3 Å². The molecule has 4 aromatic rings. The third-order valence-electron chi connectivity index (χ3n) is 5.42. The molecule has 0 radical (unpaired) electrons. The van der Waals surface area contributed by atoms with E-state index in [-0.39, 0.29) is 0 Å². The summed E-state index contributed by atoms with van der Waals surface area (Å²) >= 11 is 0. The zero-order valence-corrected chi connectivity index (χ0v) is 17.7. The fraction of sp³-hybridized carbons (Fsp3) is 0.154. The molecule has 0 spiro atoms. The Kier molecular flexibility index (Phi) is 6.00. The number of hydrogen-bond donors (Lipinski definition) is 1. The summed E-state index contributed by atoms with van der Waals surface area (Å²) in [7, 11) is 1.67. The number of nitriles is 1. The zero-order valence-electron chi connectivity index (χ0n) is 17.7. The van der Waals surface area contributed by atoms with Gasteiger partial charge in [0.1, 0.15) is 5.75 Å². The van der Waals surface area contributed by atoms with Crippen molar-refractivity contribution in [1.29, 1.82) is 5.26 Å². The van der Waals surface area contributed by atoms with E-state index in [1.807, 2.05) is 60.8 Å². The summed E-state index contributed by atoms with van der Waals surface area (Å²) in [5, 5.41) is 14.8. The number of fused-ring (bicyclic) bond motifs is 1. The first kappa shape index (κ1) is 20.2. The van der Waals surface area contributed by atoms with E-state index in [9.17, 15) is 5.26 Å². The molecule has 0 bridgehead atoms. The maximum absolute atomic E-state index is 9.21. The van der Waals surface area contributed by atoms with Crippen LogP contribution in [0.5, 0.6) is 5.75 Å². The molecular weight excluding hydrogens is 384 g/mol. The number of nitrogens with zero attached hydrogens (tertiary/aromatic N) is 3. The fourth-order valence-electron chi connectivity index (χ4n) is 3.84.